The molecule has 0 saturated carbocycles. The Bertz CT molecular complexity index is 1210. The summed E-state index contributed by atoms with van der Waals surface area (Å²) in [5, 5.41) is 7.44. The largest absolute Gasteiger partial charge is 0.348 e. The molecule has 0 aliphatic carbocycles. The van der Waals surface area contributed by atoms with Gasteiger partial charge in [0.25, 0.3) is 15.9 Å². The van der Waals surface area contributed by atoms with Crippen LogP contribution in [-0.4, -0.2) is 37.6 Å². The van der Waals surface area contributed by atoms with Crippen LogP contribution >= 0.6 is 11.3 Å². The monoisotopic (exact) mass is 483 g/mol. The highest BCUT2D eigenvalue weighted by atomic mass is 32.2. The van der Waals surface area contributed by atoms with Gasteiger partial charge in [-0.25, -0.2) is 8.42 Å². The first kappa shape index (κ1) is 23.2. The molecule has 1 atom stereocenters. The number of carbonyl (C=O) groups is 2. The van der Waals surface area contributed by atoms with Crippen LogP contribution in [0.1, 0.15) is 28.8 Å². The molecule has 2 N–H and O–H groups in total. The molecular weight excluding hydrogens is 458 g/mol. The van der Waals surface area contributed by atoms with Crippen LogP contribution in [-0.2, 0) is 21.4 Å². The molecule has 2 aromatic carbocycles. The molecule has 0 spiro atoms. The average molecular weight is 484 g/mol. The van der Waals surface area contributed by atoms with Crippen molar-refractivity contribution in [1.29, 1.82) is 0 Å². The summed E-state index contributed by atoms with van der Waals surface area (Å²) in [4.78, 5) is 25.8. The fraction of sp³-hybridized carbons (Fsp3) is 0.250. The lowest BCUT2D eigenvalue weighted by Gasteiger charge is -2.31. The van der Waals surface area contributed by atoms with Crippen molar-refractivity contribution in [3.05, 3.63) is 83.2 Å². The number of thiophene rings is 1. The Morgan fingerprint density at radius 2 is 1.76 bits per heavy atom. The number of piperidine rings is 1. The first-order valence-corrected chi connectivity index (χ1v) is 13.0. The summed E-state index contributed by atoms with van der Waals surface area (Å²) in [6, 6.07) is 19.7. The van der Waals surface area contributed by atoms with E-state index in [1.54, 1.807) is 41.8 Å². The van der Waals surface area contributed by atoms with Gasteiger partial charge in [0.2, 0.25) is 5.91 Å². The van der Waals surface area contributed by atoms with Crippen molar-refractivity contribution in [3.63, 3.8) is 0 Å². The van der Waals surface area contributed by atoms with E-state index >= 15 is 0 Å². The Hall–Kier alpha value is -3.01. The van der Waals surface area contributed by atoms with E-state index in [4.69, 9.17) is 0 Å². The minimum Gasteiger partial charge on any atom is -0.348 e. The number of anilines is 1. The molecule has 2 heterocycles. The lowest BCUT2D eigenvalue weighted by atomic mass is 9.98. The maximum atomic E-state index is 13.0. The third-order valence-electron chi connectivity index (χ3n) is 5.57. The Morgan fingerprint density at radius 3 is 2.52 bits per heavy atom. The molecule has 9 heteroatoms. The van der Waals surface area contributed by atoms with Gasteiger partial charge in [0.1, 0.15) is 4.21 Å². The topological polar surface area (TPSA) is 95.6 Å². The van der Waals surface area contributed by atoms with Gasteiger partial charge in [0.05, 0.1) is 17.2 Å². The molecule has 0 radical (unpaired) electrons. The van der Waals surface area contributed by atoms with Crippen molar-refractivity contribution in [3.8, 4) is 0 Å². The van der Waals surface area contributed by atoms with E-state index < -0.39 is 15.9 Å². The predicted molar refractivity (Wildman–Crippen MR) is 128 cm³/mol. The van der Waals surface area contributed by atoms with E-state index in [0.29, 0.717) is 37.2 Å². The Morgan fingerprint density at radius 1 is 1.00 bits per heavy atom. The van der Waals surface area contributed by atoms with E-state index in [1.807, 2.05) is 30.3 Å². The van der Waals surface area contributed by atoms with Crippen molar-refractivity contribution < 1.29 is 18.0 Å². The van der Waals surface area contributed by atoms with Gasteiger partial charge in [-0.2, -0.15) is 4.31 Å². The molecule has 0 unspecified atom stereocenters. The quantitative estimate of drug-likeness (QED) is 0.535. The summed E-state index contributed by atoms with van der Waals surface area (Å²) in [7, 11) is -3.61. The van der Waals surface area contributed by atoms with Gasteiger partial charge < -0.3 is 10.6 Å². The van der Waals surface area contributed by atoms with Gasteiger partial charge in [-0.05, 0) is 42.0 Å². The summed E-state index contributed by atoms with van der Waals surface area (Å²) < 4.78 is 27.4. The molecule has 172 valence electrons. The minimum absolute atomic E-state index is 0.119. The molecule has 7 nitrogen and oxygen atoms in total. The van der Waals surface area contributed by atoms with Crippen LogP contribution in [0.25, 0.3) is 0 Å². The fourth-order valence-electron chi connectivity index (χ4n) is 3.81. The Labute approximate surface area is 197 Å². The number of amides is 2. The fourth-order valence-corrected chi connectivity index (χ4v) is 6.48. The van der Waals surface area contributed by atoms with E-state index in [0.717, 1.165) is 5.56 Å². The Balaban J connectivity index is 1.42. The molecule has 1 fully saturated rings. The third kappa shape index (κ3) is 5.50. The van der Waals surface area contributed by atoms with Gasteiger partial charge in [-0.15, -0.1) is 11.3 Å². The zero-order valence-corrected chi connectivity index (χ0v) is 19.6. The number of benzene rings is 2. The van der Waals surface area contributed by atoms with Crippen molar-refractivity contribution >= 4 is 38.9 Å². The molecule has 33 heavy (non-hydrogen) atoms. The highest BCUT2D eigenvalue weighted by Crippen LogP contribution is 2.27. The van der Waals surface area contributed by atoms with Gasteiger partial charge in [-0.3, -0.25) is 9.59 Å². The maximum Gasteiger partial charge on any atom is 0.253 e. The van der Waals surface area contributed by atoms with E-state index in [9.17, 15) is 18.0 Å². The summed E-state index contributed by atoms with van der Waals surface area (Å²) in [6.45, 7) is 0.886. The van der Waals surface area contributed by atoms with Crippen LogP contribution in [0.15, 0.2) is 76.3 Å². The standard InChI is InChI=1S/C24H25N3O4S2/c28-23(19-10-6-14-27(17-19)33(30,31)22-13-7-15-32-22)26-21-12-5-4-11-20(21)24(29)25-16-18-8-2-1-3-9-18/h1-5,7-9,11-13,15,19H,6,10,14,16-17H2,(H,25,29)(H,26,28)/t19-/m0/s1. The molecule has 1 aliphatic rings. The van der Waals surface area contributed by atoms with Crippen LogP contribution < -0.4 is 10.6 Å². The van der Waals surface area contributed by atoms with E-state index in [2.05, 4.69) is 10.6 Å². The van der Waals surface area contributed by atoms with Crippen molar-refractivity contribution in [1.82, 2.24) is 9.62 Å². The third-order valence-corrected chi connectivity index (χ3v) is 8.81. The molecule has 0 bridgehead atoms. The van der Waals surface area contributed by atoms with Crippen LogP contribution in [0, 0.1) is 5.92 Å². The Kier molecular flexibility index (Phi) is 7.22. The molecule has 2 amide bonds. The molecular formula is C24H25N3O4S2. The summed E-state index contributed by atoms with van der Waals surface area (Å²) in [6.07, 6.45) is 1.19. The molecule has 1 aliphatic heterocycles. The summed E-state index contributed by atoms with van der Waals surface area (Å²) >= 11 is 1.17. The van der Waals surface area contributed by atoms with Crippen LogP contribution in [0.5, 0.6) is 0 Å². The van der Waals surface area contributed by atoms with Crippen LogP contribution in [0.3, 0.4) is 0 Å². The number of para-hydroxylation sites is 1. The molecule has 1 saturated heterocycles. The molecule has 1 aromatic heterocycles. The normalized spacial score (nSPS) is 16.8. The lowest BCUT2D eigenvalue weighted by molar-refractivity contribution is -0.120. The number of hydrogen-bond donors (Lipinski definition) is 2. The second kappa shape index (κ2) is 10.3. The molecule has 4 rings (SSSR count). The zero-order chi connectivity index (χ0) is 23.3. The van der Waals surface area contributed by atoms with Crippen molar-refractivity contribution in [2.45, 2.75) is 23.6 Å². The second-order valence-corrected chi connectivity index (χ2v) is 10.9. The van der Waals surface area contributed by atoms with Crippen LogP contribution in [0.2, 0.25) is 0 Å². The number of nitrogens with one attached hydrogen (secondary N) is 2. The van der Waals surface area contributed by atoms with Gasteiger partial charge in [-0.1, -0.05) is 48.5 Å². The lowest BCUT2D eigenvalue weighted by Crippen LogP contribution is -2.43. The highest BCUT2D eigenvalue weighted by Gasteiger charge is 2.34. The van der Waals surface area contributed by atoms with Gasteiger partial charge >= 0.3 is 0 Å². The number of rotatable bonds is 7. The van der Waals surface area contributed by atoms with Gasteiger partial charge in [0.15, 0.2) is 0 Å². The first-order valence-electron chi connectivity index (χ1n) is 10.7. The van der Waals surface area contributed by atoms with E-state index in [1.165, 1.54) is 15.6 Å². The van der Waals surface area contributed by atoms with Crippen molar-refractivity contribution in [2.75, 3.05) is 18.4 Å². The number of carbonyl (C=O) groups excluding carboxylic acids is 2. The smallest absolute Gasteiger partial charge is 0.253 e. The summed E-state index contributed by atoms with van der Waals surface area (Å²) in [5.74, 6) is -1.07. The van der Waals surface area contributed by atoms with Crippen molar-refractivity contribution in [2.24, 2.45) is 5.92 Å². The SMILES string of the molecule is O=C(NCc1ccccc1)c1ccccc1NC(=O)[C@H]1CCCN(S(=O)(=O)c2cccs2)C1. The van der Waals surface area contributed by atoms with E-state index in [-0.39, 0.29) is 22.6 Å². The highest BCUT2D eigenvalue weighted by molar-refractivity contribution is 7.91. The predicted octanol–water partition coefficient (Wildman–Crippen LogP) is 3.72. The number of sulfonamides is 1. The van der Waals surface area contributed by atoms with Gasteiger partial charge in [0, 0.05) is 19.6 Å². The maximum absolute atomic E-state index is 13.0. The number of hydrogen-bond acceptors (Lipinski definition) is 5. The zero-order valence-electron chi connectivity index (χ0n) is 17.9. The second-order valence-electron chi connectivity index (χ2n) is 7.84. The van der Waals surface area contributed by atoms with Crippen LogP contribution in [0.4, 0.5) is 5.69 Å². The average Bonchev–Trinajstić information content (AvgIpc) is 3.40. The molecule has 3 aromatic rings. The number of nitrogens with zero attached hydrogens (tertiary/aromatic N) is 1. The minimum atomic E-state index is -3.61. The first-order chi connectivity index (χ1) is 15.9. The summed E-state index contributed by atoms with van der Waals surface area (Å²) in [5.41, 5.74) is 1.74.